The summed E-state index contributed by atoms with van der Waals surface area (Å²) >= 11 is 0. The largest absolute Gasteiger partial charge is 0.461 e. The predicted molar refractivity (Wildman–Crippen MR) is 191 cm³/mol. The van der Waals surface area contributed by atoms with E-state index in [1.165, 1.54) is 77.0 Å². The van der Waals surface area contributed by atoms with Gasteiger partial charge < -0.3 is 30.7 Å². The number of ether oxygens (including phenoxy) is 2. The molecule has 3 atom stereocenters. The van der Waals surface area contributed by atoms with Gasteiger partial charge >= 0.3 is 11.9 Å². The molecule has 9 nitrogen and oxygen atoms in total. The van der Waals surface area contributed by atoms with Gasteiger partial charge in [-0.25, -0.2) is 9.59 Å². The molecule has 0 rings (SSSR count). The number of rotatable bonds is 33. The van der Waals surface area contributed by atoms with Crippen molar-refractivity contribution in [1.82, 2.24) is 5.32 Å². The fourth-order valence-electron chi connectivity index (χ4n) is 5.68. The van der Waals surface area contributed by atoms with Crippen LogP contribution >= 0.6 is 0 Å². The lowest BCUT2D eigenvalue weighted by Crippen LogP contribution is -2.43. The number of hydrogen-bond acceptors (Lipinski definition) is 8. The van der Waals surface area contributed by atoms with Crippen molar-refractivity contribution in [2.24, 2.45) is 17.6 Å². The average Bonchev–Trinajstić information content (AvgIpc) is 3.02. The van der Waals surface area contributed by atoms with E-state index >= 15 is 0 Å². The Hall–Kier alpha value is -1.71. The number of carbonyl (C=O) groups is 3. The summed E-state index contributed by atoms with van der Waals surface area (Å²) in [5.41, 5.74) is 5.61. The number of nitrogens with two attached hydrogens (primary N) is 1. The summed E-state index contributed by atoms with van der Waals surface area (Å²) in [4.78, 5) is 37.3. The number of aliphatic hydroxyl groups excluding tert-OH is 2. The molecular weight excluding hydrogens is 596 g/mol. The minimum absolute atomic E-state index is 0.0732. The molecule has 47 heavy (non-hydrogen) atoms. The molecule has 0 aliphatic heterocycles. The van der Waals surface area contributed by atoms with E-state index in [0.717, 1.165) is 50.4 Å². The van der Waals surface area contributed by atoms with Crippen LogP contribution in [0.5, 0.6) is 0 Å². The Bertz CT molecular complexity index is 762. The third kappa shape index (κ3) is 30.1. The van der Waals surface area contributed by atoms with Crippen molar-refractivity contribution >= 4 is 17.8 Å². The number of unbranched alkanes of at least 4 members (excludes halogenated alkanes) is 14. The van der Waals surface area contributed by atoms with Gasteiger partial charge in [0.1, 0.15) is 19.3 Å². The maximum Gasteiger partial charge on any atom is 0.335 e. The zero-order chi connectivity index (χ0) is 35.1. The van der Waals surface area contributed by atoms with Crippen LogP contribution < -0.4 is 11.1 Å². The normalized spacial score (nSPS) is 13.5. The predicted octanol–water partition coefficient (Wildman–Crippen LogP) is 7.52. The lowest BCUT2D eigenvalue weighted by Gasteiger charge is -2.19. The van der Waals surface area contributed by atoms with Crippen molar-refractivity contribution < 1.29 is 34.1 Å². The molecule has 0 radical (unpaired) electrons. The van der Waals surface area contributed by atoms with E-state index in [-0.39, 0.29) is 19.6 Å². The summed E-state index contributed by atoms with van der Waals surface area (Å²) in [5, 5.41) is 23.1. The van der Waals surface area contributed by atoms with Crippen LogP contribution in [-0.4, -0.2) is 66.1 Å². The number of esters is 2. The molecule has 0 saturated carbocycles. The number of aliphatic hydroxyl groups is 2. The molecule has 0 aliphatic carbocycles. The number of amides is 1. The van der Waals surface area contributed by atoms with Crippen LogP contribution in [0.2, 0.25) is 0 Å². The van der Waals surface area contributed by atoms with E-state index in [9.17, 15) is 24.6 Å². The molecule has 0 unspecified atom stereocenters. The van der Waals surface area contributed by atoms with E-state index in [1.54, 1.807) is 0 Å². The van der Waals surface area contributed by atoms with E-state index in [4.69, 9.17) is 15.2 Å². The second-order valence-electron chi connectivity index (χ2n) is 14.4. The maximum atomic E-state index is 12.6. The van der Waals surface area contributed by atoms with Crippen LogP contribution in [0, 0.1) is 11.8 Å². The van der Waals surface area contributed by atoms with Crippen molar-refractivity contribution in [3.05, 3.63) is 0 Å². The summed E-state index contributed by atoms with van der Waals surface area (Å²) in [7, 11) is 0. The molecule has 0 aliphatic rings. The zero-order valence-electron chi connectivity index (χ0n) is 30.8. The summed E-state index contributed by atoms with van der Waals surface area (Å²) < 4.78 is 10.3. The van der Waals surface area contributed by atoms with E-state index in [0.29, 0.717) is 32.2 Å². The van der Waals surface area contributed by atoms with Crippen LogP contribution in [0.15, 0.2) is 0 Å². The third-order valence-electron chi connectivity index (χ3n) is 8.66. The summed E-state index contributed by atoms with van der Waals surface area (Å²) in [6.07, 6.45) is 20.9. The van der Waals surface area contributed by atoms with Gasteiger partial charge in [-0.05, 0) is 44.1 Å². The minimum Gasteiger partial charge on any atom is -0.461 e. The molecule has 0 aromatic rings. The molecule has 0 saturated heterocycles. The molecule has 0 fully saturated rings. The van der Waals surface area contributed by atoms with Gasteiger partial charge in [-0.1, -0.05) is 143 Å². The van der Waals surface area contributed by atoms with Gasteiger partial charge in [-0.15, -0.1) is 0 Å². The van der Waals surface area contributed by atoms with Crippen LogP contribution in [0.1, 0.15) is 175 Å². The van der Waals surface area contributed by atoms with Crippen molar-refractivity contribution in [2.75, 3.05) is 19.8 Å². The van der Waals surface area contributed by atoms with E-state index < -0.39 is 36.1 Å². The zero-order valence-corrected chi connectivity index (χ0v) is 30.8. The average molecular weight is 671 g/mol. The summed E-state index contributed by atoms with van der Waals surface area (Å²) in [6.45, 7) is 9.06. The van der Waals surface area contributed by atoms with Crippen LogP contribution in [0.25, 0.3) is 0 Å². The number of nitrogens with one attached hydrogen (secondary N) is 1. The van der Waals surface area contributed by atoms with Gasteiger partial charge in [0, 0.05) is 0 Å². The lowest BCUT2D eigenvalue weighted by molar-refractivity contribution is -0.159. The van der Waals surface area contributed by atoms with Gasteiger partial charge in [-0.2, -0.15) is 0 Å². The Balaban J connectivity index is 4.08. The SMILES string of the molecule is CC(C)CCCCCCCCCC[C@H](O)CC(=O)N[C@@H](CCCN)C(=O)OCCOC(=O)[C@H](O)CCCCCCCCCCC(C)C. The Kier molecular flexibility index (Phi) is 30.4. The molecule has 0 spiro atoms. The van der Waals surface area contributed by atoms with Gasteiger partial charge in [0.15, 0.2) is 6.10 Å². The highest BCUT2D eigenvalue weighted by molar-refractivity contribution is 5.84. The standard InChI is InChI=1S/C38H74N2O7/c1-31(2)22-17-13-9-5-7-11-15-19-24-33(41)30-36(43)40-34(25-21-27-39)37(44)46-28-29-47-38(45)35(42)26-20-16-12-8-6-10-14-18-23-32(3)4/h31-35,41-42H,5-30,39H2,1-4H3,(H,40,43)/t33-,34-,35+/m0/s1. The monoisotopic (exact) mass is 671 g/mol. The summed E-state index contributed by atoms with van der Waals surface area (Å²) in [6, 6.07) is -0.889. The first-order valence-corrected chi connectivity index (χ1v) is 19.3. The fraction of sp³-hybridized carbons (Fsp3) is 0.921. The molecule has 0 aromatic heterocycles. The minimum atomic E-state index is -1.19. The molecule has 0 heterocycles. The van der Waals surface area contributed by atoms with Gasteiger partial charge in [0.05, 0.1) is 12.5 Å². The Morgan fingerprint density at radius 3 is 1.40 bits per heavy atom. The van der Waals surface area contributed by atoms with Gasteiger partial charge in [-0.3, -0.25) is 4.79 Å². The Morgan fingerprint density at radius 2 is 0.957 bits per heavy atom. The Labute approximate surface area is 287 Å². The second kappa shape index (κ2) is 31.6. The highest BCUT2D eigenvalue weighted by atomic mass is 16.6. The maximum absolute atomic E-state index is 12.6. The van der Waals surface area contributed by atoms with Crippen molar-refractivity contribution in [3.63, 3.8) is 0 Å². The van der Waals surface area contributed by atoms with Gasteiger partial charge in [0.2, 0.25) is 5.91 Å². The first-order chi connectivity index (χ1) is 22.6. The van der Waals surface area contributed by atoms with Gasteiger partial charge in [0.25, 0.3) is 0 Å². The van der Waals surface area contributed by atoms with E-state index in [1.807, 2.05) is 0 Å². The third-order valence-corrected chi connectivity index (χ3v) is 8.66. The van der Waals surface area contributed by atoms with E-state index in [2.05, 4.69) is 33.0 Å². The Morgan fingerprint density at radius 1 is 0.553 bits per heavy atom. The van der Waals surface area contributed by atoms with Crippen LogP contribution in [0.4, 0.5) is 0 Å². The van der Waals surface area contributed by atoms with Crippen molar-refractivity contribution in [3.8, 4) is 0 Å². The molecule has 278 valence electrons. The molecule has 9 heteroatoms. The van der Waals surface area contributed by atoms with Crippen LogP contribution in [-0.2, 0) is 23.9 Å². The number of carbonyl (C=O) groups excluding carboxylic acids is 3. The quantitative estimate of drug-likeness (QED) is 0.0414. The highest BCUT2D eigenvalue weighted by Crippen LogP contribution is 2.15. The highest BCUT2D eigenvalue weighted by Gasteiger charge is 2.23. The van der Waals surface area contributed by atoms with Crippen molar-refractivity contribution in [1.29, 1.82) is 0 Å². The second-order valence-corrected chi connectivity index (χ2v) is 14.4. The lowest BCUT2D eigenvalue weighted by atomic mass is 10.0. The van der Waals surface area contributed by atoms with Crippen LogP contribution in [0.3, 0.4) is 0 Å². The first-order valence-electron chi connectivity index (χ1n) is 19.3. The molecule has 1 amide bonds. The summed E-state index contributed by atoms with van der Waals surface area (Å²) in [5.74, 6) is -0.200. The molecule has 0 bridgehead atoms. The van der Waals surface area contributed by atoms with Crippen molar-refractivity contribution in [2.45, 2.75) is 194 Å². The number of hydrogen-bond donors (Lipinski definition) is 4. The first kappa shape index (κ1) is 45.3. The molecular formula is C38H74N2O7. The molecule has 5 N–H and O–H groups in total. The topological polar surface area (TPSA) is 148 Å². The smallest absolute Gasteiger partial charge is 0.335 e. The molecule has 0 aromatic carbocycles. The fourth-order valence-corrected chi connectivity index (χ4v) is 5.68.